The SMILES string of the molecule is COc1ccc(C(=O)N2CCC[C@@H]2C(=O)N2CCCC(c3nc4ccncc4[nH]3)C2)cc1. The lowest BCUT2D eigenvalue weighted by Gasteiger charge is -2.35. The van der Waals surface area contributed by atoms with E-state index in [2.05, 4.69) is 9.97 Å². The predicted octanol–water partition coefficient (Wildman–Crippen LogP) is 2.98. The van der Waals surface area contributed by atoms with Crippen molar-refractivity contribution < 1.29 is 14.3 Å². The number of aromatic amines is 1. The van der Waals surface area contributed by atoms with E-state index >= 15 is 0 Å². The molecule has 0 radical (unpaired) electrons. The summed E-state index contributed by atoms with van der Waals surface area (Å²) in [6.45, 7) is 1.94. The van der Waals surface area contributed by atoms with E-state index in [4.69, 9.17) is 9.72 Å². The third kappa shape index (κ3) is 3.81. The number of fused-ring (bicyclic) bond motifs is 1. The van der Waals surface area contributed by atoms with Gasteiger partial charge in [0, 0.05) is 37.3 Å². The number of carbonyl (C=O) groups is 2. The molecule has 1 unspecified atom stereocenters. The van der Waals surface area contributed by atoms with Gasteiger partial charge < -0.3 is 19.5 Å². The third-order valence-corrected chi connectivity index (χ3v) is 6.56. The molecule has 1 aromatic carbocycles. The van der Waals surface area contributed by atoms with Gasteiger partial charge in [-0.15, -0.1) is 0 Å². The van der Waals surface area contributed by atoms with Gasteiger partial charge in [0.05, 0.1) is 24.3 Å². The van der Waals surface area contributed by atoms with Crippen LogP contribution in [-0.2, 0) is 4.79 Å². The Bertz CT molecular complexity index is 1090. The number of likely N-dealkylation sites (tertiary alicyclic amines) is 2. The Kier molecular flexibility index (Phi) is 5.51. The summed E-state index contributed by atoms with van der Waals surface area (Å²) in [5.41, 5.74) is 2.39. The van der Waals surface area contributed by atoms with E-state index < -0.39 is 6.04 Å². The second-order valence-electron chi connectivity index (χ2n) is 8.52. The van der Waals surface area contributed by atoms with Crippen molar-refractivity contribution in [2.45, 2.75) is 37.6 Å². The van der Waals surface area contributed by atoms with Gasteiger partial charge in [-0.05, 0) is 56.0 Å². The van der Waals surface area contributed by atoms with E-state index in [0.29, 0.717) is 30.8 Å². The van der Waals surface area contributed by atoms with Crippen LogP contribution in [0, 0.1) is 0 Å². The van der Waals surface area contributed by atoms with Gasteiger partial charge in [0.15, 0.2) is 0 Å². The lowest BCUT2D eigenvalue weighted by Crippen LogP contribution is -2.50. The van der Waals surface area contributed by atoms with E-state index in [0.717, 1.165) is 42.7 Å². The van der Waals surface area contributed by atoms with E-state index in [1.54, 1.807) is 48.7 Å². The summed E-state index contributed by atoms with van der Waals surface area (Å²) in [6.07, 6.45) is 6.96. The number of H-pyrrole nitrogens is 1. The first kappa shape index (κ1) is 20.5. The third-order valence-electron chi connectivity index (χ3n) is 6.56. The van der Waals surface area contributed by atoms with E-state index in [9.17, 15) is 9.59 Å². The van der Waals surface area contributed by atoms with Gasteiger partial charge in [-0.1, -0.05) is 0 Å². The van der Waals surface area contributed by atoms with E-state index in [1.165, 1.54) is 0 Å². The molecule has 2 atom stereocenters. The molecule has 8 nitrogen and oxygen atoms in total. The molecule has 2 amide bonds. The molecule has 2 saturated heterocycles. The summed E-state index contributed by atoms with van der Waals surface area (Å²) in [6, 6.07) is 8.56. The average molecular weight is 434 g/mol. The second-order valence-corrected chi connectivity index (χ2v) is 8.52. The Hall–Kier alpha value is -3.42. The number of nitrogens with one attached hydrogen (secondary N) is 1. The molecule has 32 heavy (non-hydrogen) atoms. The number of methoxy groups -OCH3 is 1. The zero-order chi connectivity index (χ0) is 22.1. The fraction of sp³-hybridized carbons (Fsp3) is 0.417. The predicted molar refractivity (Wildman–Crippen MR) is 119 cm³/mol. The first-order valence-electron chi connectivity index (χ1n) is 11.2. The van der Waals surface area contributed by atoms with Gasteiger partial charge >= 0.3 is 0 Å². The van der Waals surface area contributed by atoms with Crippen molar-refractivity contribution in [1.29, 1.82) is 0 Å². The molecule has 4 heterocycles. The van der Waals surface area contributed by atoms with Crippen LogP contribution in [0.1, 0.15) is 47.8 Å². The van der Waals surface area contributed by atoms with Crippen LogP contribution >= 0.6 is 0 Å². The standard InChI is InChI=1S/C24H27N5O3/c1-32-18-8-6-16(7-9-18)23(30)29-13-3-5-21(29)24(31)28-12-2-4-17(15-28)22-26-19-10-11-25-14-20(19)27-22/h6-11,14,17,21H,2-5,12-13,15H2,1H3,(H,26,27)/t17?,21-/m1/s1. The highest BCUT2D eigenvalue weighted by Crippen LogP contribution is 2.29. The number of rotatable bonds is 4. The zero-order valence-electron chi connectivity index (χ0n) is 18.2. The molecule has 1 N–H and O–H groups in total. The van der Waals surface area contributed by atoms with Crippen molar-refractivity contribution in [3.8, 4) is 5.75 Å². The largest absolute Gasteiger partial charge is 0.497 e. The summed E-state index contributed by atoms with van der Waals surface area (Å²) in [4.78, 5) is 42.5. The molecule has 0 aliphatic carbocycles. The molecular weight excluding hydrogens is 406 g/mol. The molecule has 2 aliphatic heterocycles. The first-order chi connectivity index (χ1) is 15.6. The maximum Gasteiger partial charge on any atom is 0.254 e. The molecule has 2 fully saturated rings. The van der Waals surface area contributed by atoms with Gasteiger partial charge in [-0.2, -0.15) is 0 Å². The number of amides is 2. The van der Waals surface area contributed by atoms with Crippen molar-refractivity contribution in [2.75, 3.05) is 26.7 Å². The van der Waals surface area contributed by atoms with Crippen LogP contribution in [0.2, 0.25) is 0 Å². The molecule has 0 saturated carbocycles. The van der Waals surface area contributed by atoms with E-state index in [-0.39, 0.29) is 17.7 Å². The van der Waals surface area contributed by atoms with Gasteiger partial charge in [0.25, 0.3) is 5.91 Å². The maximum atomic E-state index is 13.5. The number of ether oxygens (including phenoxy) is 1. The smallest absolute Gasteiger partial charge is 0.254 e. The van der Waals surface area contributed by atoms with Crippen LogP contribution in [0.25, 0.3) is 11.0 Å². The molecule has 0 bridgehead atoms. The lowest BCUT2D eigenvalue weighted by atomic mass is 9.96. The van der Waals surface area contributed by atoms with Crippen molar-refractivity contribution in [1.82, 2.24) is 24.8 Å². The topological polar surface area (TPSA) is 91.4 Å². The molecule has 2 aliphatic rings. The number of nitrogens with zero attached hydrogens (tertiary/aromatic N) is 4. The van der Waals surface area contributed by atoms with Crippen molar-refractivity contribution >= 4 is 22.8 Å². The highest BCUT2D eigenvalue weighted by molar-refractivity contribution is 5.98. The minimum Gasteiger partial charge on any atom is -0.497 e. The van der Waals surface area contributed by atoms with Crippen LogP contribution in [0.3, 0.4) is 0 Å². The maximum absolute atomic E-state index is 13.5. The number of piperidine rings is 1. The van der Waals surface area contributed by atoms with Crippen molar-refractivity contribution in [2.24, 2.45) is 0 Å². The first-order valence-corrected chi connectivity index (χ1v) is 11.2. The van der Waals surface area contributed by atoms with Crippen LogP contribution < -0.4 is 4.74 Å². The normalized spacial score (nSPS) is 21.2. The fourth-order valence-electron chi connectivity index (χ4n) is 4.85. The summed E-state index contributed by atoms with van der Waals surface area (Å²) in [7, 11) is 1.60. The van der Waals surface area contributed by atoms with Gasteiger partial charge in [-0.3, -0.25) is 14.6 Å². The van der Waals surface area contributed by atoms with Crippen LogP contribution in [0.4, 0.5) is 0 Å². The van der Waals surface area contributed by atoms with Gasteiger partial charge in [0.1, 0.15) is 17.6 Å². The van der Waals surface area contributed by atoms with Crippen molar-refractivity contribution in [3.05, 3.63) is 54.1 Å². The number of hydrogen-bond acceptors (Lipinski definition) is 5. The molecule has 5 rings (SSSR count). The molecule has 166 valence electrons. The second kappa shape index (κ2) is 8.61. The molecular formula is C24H27N5O3. The summed E-state index contributed by atoms with van der Waals surface area (Å²) in [5, 5.41) is 0. The van der Waals surface area contributed by atoms with Crippen LogP contribution in [0.15, 0.2) is 42.7 Å². The minimum atomic E-state index is -0.400. The average Bonchev–Trinajstić information content (AvgIpc) is 3.51. The fourth-order valence-corrected chi connectivity index (χ4v) is 4.85. The number of imidazole rings is 1. The Morgan fingerprint density at radius 2 is 1.91 bits per heavy atom. The monoisotopic (exact) mass is 433 g/mol. The number of pyridine rings is 1. The number of hydrogen-bond donors (Lipinski definition) is 1. The quantitative estimate of drug-likeness (QED) is 0.683. The van der Waals surface area contributed by atoms with Crippen LogP contribution in [0.5, 0.6) is 5.75 Å². The Morgan fingerprint density at radius 1 is 1.09 bits per heavy atom. The number of carbonyl (C=O) groups excluding carboxylic acids is 2. The summed E-state index contributed by atoms with van der Waals surface area (Å²) < 4.78 is 5.18. The molecule has 2 aromatic heterocycles. The lowest BCUT2D eigenvalue weighted by molar-refractivity contribution is -0.136. The molecule has 8 heteroatoms. The number of aromatic nitrogens is 3. The Labute approximate surface area is 186 Å². The van der Waals surface area contributed by atoms with Crippen LogP contribution in [-0.4, -0.2) is 69.4 Å². The minimum absolute atomic E-state index is 0.0480. The summed E-state index contributed by atoms with van der Waals surface area (Å²) >= 11 is 0. The molecule has 3 aromatic rings. The highest BCUT2D eigenvalue weighted by Gasteiger charge is 2.38. The van der Waals surface area contributed by atoms with E-state index in [1.807, 2.05) is 11.0 Å². The molecule has 0 spiro atoms. The summed E-state index contributed by atoms with van der Waals surface area (Å²) in [5.74, 6) is 1.72. The van der Waals surface area contributed by atoms with Crippen molar-refractivity contribution in [3.63, 3.8) is 0 Å². The number of benzene rings is 1. The zero-order valence-corrected chi connectivity index (χ0v) is 18.2. The van der Waals surface area contributed by atoms with Gasteiger partial charge in [0.2, 0.25) is 5.91 Å². The van der Waals surface area contributed by atoms with Gasteiger partial charge in [-0.25, -0.2) is 4.98 Å². The Morgan fingerprint density at radius 3 is 2.69 bits per heavy atom. The Balaban J connectivity index is 1.30. The highest BCUT2D eigenvalue weighted by atomic mass is 16.5.